The fraction of sp³-hybridized carbons (Fsp3) is 0.682. The number of fused-ring (bicyclic) bond motifs is 2. The van der Waals surface area contributed by atoms with Gasteiger partial charge in [0, 0.05) is 63.1 Å². The average Bonchev–Trinajstić information content (AvgIpc) is 2.73. The summed E-state index contributed by atoms with van der Waals surface area (Å²) in [6.45, 7) is 9.07. The lowest BCUT2D eigenvalue weighted by atomic mass is 9.81. The van der Waals surface area contributed by atoms with Gasteiger partial charge < -0.3 is 14.4 Å². The van der Waals surface area contributed by atoms with E-state index < -0.39 is 0 Å². The number of carbonyl (C=O) groups excluding carboxylic acids is 1. The highest BCUT2D eigenvalue weighted by Gasteiger charge is 2.54. The van der Waals surface area contributed by atoms with E-state index in [9.17, 15) is 4.79 Å². The largest absolute Gasteiger partial charge is 0.381 e. The molecule has 1 aromatic carbocycles. The van der Waals surface area contributed by atoms with E-state index in [-0.39, 0.29) is 11.4 Å². The number of piperazine rings is 1. The van der Waals surface area contributed by atoms with Crippen LogP contribution in [0.2, 0.25) is 5.02 Å². The van der Waals surface area contributed by atoms with Crippen LogP contribution in [0.15, 0.2) is 24.3 Å². The van der Waals surface area contributed by atoms with E-state index in [2.05, 4.69) is 9.80 Å². The van der Waals surface area contributed by atoms with Gasteiger partial charge in [0.15, 0.2) is 0 Å². The van der Waals surface area contributed by atoms with Gasteiger partial charge in [-0.3, -0.25) is 14.6 Å². The Balaban J connectivity index is 1.29. The number of nitrogens with zero attached hydrogens (tertiary/aromatic N) is 3. The Kier molecular flexibility index (Phi) is 5.56. The number of carbonyl (C=O) groups is 1. The Morgan fingerprint density at radius 2 is 1.83 bits per heavy atom. The van der Waals surface area contributed by atoms with Crippen molar-refractivity contribution in [3.8, 4) is 0 Å². The van der Waals surface area contributed by atoms with Crippen molar-refractivity contribution in [2.75, 3.05) is 65.7 Å². The lowest BCUT2D eigenvalue weighted by molar-refractivity contribution is -0.161. The molecule has 1 spiro atoms. The molecule has 5 rings (SSSR count). The quantitative estimate of drug-likeness (QED) is 0.749. The van der Waals surface area contributed by atoms with E-state index in [0.717, 1.165) is 65.0 Å². The normalized spacial score (nSPS) is 28.2. The van der Waals surface area contributed by atoms with Crippen LogP contribution in [0.25, 0.3) is 0 Å². The number of ether oxygens (including phenoxy) is 2. The Labute approximate surface area is 177 Å². The summed E-state index contributed by atoms with van der Waals surface area (Å²) in [6.07, 6.45) is 2.34. The predicted octanol–water partition coefficient (Wildman–Crippen LogP) is 1.98. The summed E-state index contributed by atoms with van der Waals surface area (Å²) in [7, 11) is 0. The number of amides is 1. The minimum Gasteiger partial charge on any atom is -0.381 e. The maximum atomic E-state index is 13.2. The molecule has 4 saturated heterocycles. The number of rotatable bonds is 3. The van der Waals surface area contributed by atoms with Crippen LogP contribution in [0.1, 0.15) is 23.2 Å². The van der Waals surface area contributed by atoms with Gasteiger partial charge in [-0.1, -0.05) is 11.6 Å². The molecule has 0 aromatic heterocycles. The summed E-state index contributed by atoms with van der Waals surface area (Å²) in [5.41, 5.74) is 0.785. The maximum Gasteiger partial charge on any atom is 0.253 e. The Morgan fingerprint density at radius 1 is 1.07 bits per heavy atom. The molecule has 4 fully saturated rings. The smallest absolute Gasteiger partial charge is 0.253 e. The summed E-state index contributed by atoms with van der Waals surface area (Å²) < 4.78 is 11.3. The van der Waals surface area contributed by atoms with Crippen molar-refractivity contribution in [3.05, 3.63) is 34.9 Å². The first-order valence-corrected chi connectivity index (χ1v) is 11.2. The van der Waals surface area contributed by atoms with Crippen LogP contribution in [0.4, 0.5) is 0 Å². The van der Waals surface area contributed by atoms with Crippen molar-refractivity contribution in [2.45, 2.75) is 24.4 Å². The zero-order valence-corrected chi connectivity index (χ0v) is 17.6. The Bertz CT molecular complexity index is 731. The van der Waals surface area contributed by atoms with Gasteiger partial charge in [-0.05, 0) is 43.0 Å². The average molecular weight is 420 g/mol. The Morgan fingerprint density at radius 3 is 2.59 bits per heavy atom. The highest BCUT2D eigenvalue weighted by atomic mass is 35.5. The zero-order chi connectivity index (χ0) is 19.8. The predicted molar refractivity (Wildman–Crippen MR) is 111 cm³/mol. The molecule has 4 aliphatic rings. The summed E-state index contributed by atoms with van der Waals surface area (Å²) in [5.74, 6) is 0.853. The number of hydrogen-bond donors (Lipinski definition) is 0. The third-order valence-electron chi connectivity index (χ3n) is 7.02. The molecule has 4 aliphatic heterocycles. The van der Waals surface area contributed by atoms with Crippen molar-refractivity contribution in [2.24, 2.45) is 5.92 Å². The molecule has 7 heteroatoms. The van der Waals surface area contributed by atoms with Gasteiger partial charge in [0.05, 0.1) is 24.8 Å². The molecule has 1 amide bonds. The number of morpholine rings is 1. The highest BCUT2D eigenvalue weighted by molar-refractivity contribution is 6.30. The lowest BCUT2D eigenvalue weighted by Crippen LogP contribution is -2.81. The number of halogens is 1. The van der Waals surface area contributed by atoms with Gasteiger partial charge in [0.25, 0.3) is 5.91 Å². The molecule has 0 radical (unpaired) electrons. The van der Waals surface area contributed by atoms with E-state index >= 15 is 0 Å². The van der Waals surface area contributed by atoms with Gasteiger partial charge in [0.1, 0.15) is 0 Å². The maximum absolute atomic E-state index is 13.2. The molecule has 0 saturated carbocycles. The van der Waals surface area contributed by atoms with Gasteiger partial charge in [-0.25, -0.2) is 0 Å². The van der Waals surface area contributed by atoms with E-state index in [1.54, 1.807) is 12.1 Å². The van der Waals surface area contributed by atoms with Crippen LogP contribution in [-0.2, 0) is 9.47 Å². The van der Waals surface area contributed by atoms with Crippen molar-refractivity contribution in [1.82, 2.24) is 14.7 Å². The third kappa shape index (κ3) is 3.93. The monoisotopic (exact) mass is 419 g/mol. The molecule has 1 aromatic rings. The first-order valence-electron chi connectivity index (χ1n) is 10.8. The van der Waals surface area contributed by atoms with E-state index in [1.807, 2.05) is 17.0 Å². The molecule has 0 bridgehead atoms. The van der Waals surface area contributed by atoms with Crippen LogP contribution in [0.3, 0.4) is 0 Å². The summed E-state index contributed by atoms with van der Waals surface area (Å²) in [5, 5.41) is 0.659. The van der Waals surface area contributed by atoms with E-state index in [1.165, 1.54) is 12.8 Å². The van der Waals surface area contributed by atoms with Gasteiger partial charge in [-0.15, -0.1) is 0 Å². The first-order chi connectivity index (χ1) is 14.1. The molecule has 158 valence electrons. The molecule has 0 N–H and O–H groups in total. The van der Waals surface area contributed by atoms with Crippen molar-refractivity contribution >= 4 is 17.5 Å². The molecular formula is C22H30ClN3O3. The highest BCUT2D eigenvalue weighted by Crippen LogP contribution is 2.37. The van der Waals surface area contributed by atoms with E-state index in [0.29, 0.717) is 23.2 Å². The van der Waals surface area contributed by atoms with Gasteiger partial charge in [0.2, 0.25) is 0 Å². The fourth-order valence-corrected chi connectivity index (χ4v) is 5.74. The van der Waals surface area contributed by atoms with Crippen LogP contribution < -0.4 is 0 Å². The zero-order valence-electron chi connectivity index (χ0n) is 16.9. The molecule has 4 heterocycles. The van der Waals surface area contributed by atoms with Crippen molar-refractivity contribution in [3.63, 3.8) is 0 Å². The SMILES string of the molecule is O=C(c1ccc(Cl)cc1)N1C[C@@H]2COCCN2C2(CN(CC3CCOCC3)C2)C1. The second-order valence-corrected chi connectivity index (χ2v) is 9.50. The second-order valence-electron chi connectivity index (χ2n) is 9.06. The molecule has 0 aliphatic carbocycles. The molecule has 6 nitrogen and oxygen atoms in total. The molecule has 1 atom stereocenters. The van der Waals surface area contributed by atoms with Crippen molar-refractivity contribution < 1.29 is 14.3 Å². The topological polar surface area (TPSA) is 45.2 Å². The molecule has 0 unspecified atom stereocenters. The van der Waals surface area contributed by atoms with Crippen LogP contribution in [-0.4, -0.2) is 97.9 Å². The molecule has 29 heavy (non-hydrogen) atoms. The Hall–Kier alpha value is -1.18. The van der Waals surface area contributed by atoms with Gasteiger partial charge in [-0.2, -0.15) is 0 Å². The second kappa shape index (κ2) is 8.16. The summed E-state index contributed by atoms with van der Waals surface area (Å²) in [4.78, 5) is 20.5. The summed E-state index contributed by atoms with van der Waals surface area (Å²) in [6, 6.07) is 7.55. The number of benzene rings is 1. The van der Waals surface area contributed by atoms with Gasteiger partial charge >= 0.3 is 0 Å². The summed E-state index contributed by atoms with van der Waals surface area (Å²) >= 11 is 6.00. The van der Waals surface area contributed by atoms with Crippen molar-refractivity contribution in [1.29, 1.82) is 0 Å². The van der Waals surface area contributed by atoms with Crippen LogP contribution in [0, 0.1) is 5.92 Å². The van der Waals surface area contributed by atoms with E-state index in [4.69, 9.17) is 21.1 Å². The standard InChI is InChI=1S/C22H30ClN3O3/c23-19-3-1-18(2-4-19)21(27)25-12-20-13-29-10-7-26(20)22(16-25)14-24(15-22)11-17-5-8-28-9-6-17/h1-4,17,20H,5-16H2/t20-/m1/s1. The number of hydrogen-bond acceptors (Lipinski definition) is 5. The van der Waals surface area contributed by atoms with Crippen LogP contribution >= 0.6 is 11.6 Å². The minimum atomic E-state index is 0.0694. The first kappa shape index (κ1) is 19.8. The lowest BCUT2D eigenvalue weighted by Gasteiger charge is -2.63. The molecular weight excluding hydrogens is 390 g/mol. The number of likely N-dealkylation sites (tertiary alicyclic amines) is 1. The third-order valence-corrected chi connectivity index (χ3v) is 7.28. The van der Waals surface area contributed by atoms with Crippen LogP contribution in [0.5, 0.6) is 0 Å². The fourth-order valence-electron chi connectivity index (χ4n) is 5.62. The minimum absolute atomic E-state index is 0.0694.